The molecule has 19 heavy (non-hydrogen) atoms. The van der Waals surface area contributed by atoms with Gasteiger partial charge in [-0.05, 0) is 55.7 Å². The van der Waals surface area contributed by atoms with Crippen molar-refractivity contribution in [2.45, 2.75) is 57.8 Å². The molecular weight excluding hydrogens is 236 g/mol. The van der Waals surface area contributed by atoms with Crippen molar-refractivity contribution in [3.05, 3.63) is 35.4 Å². The van der Waals surface area contributed by atoms with E-state index in [1.165, 1.54) is 12.8 Å². The van der Waals surface area contributed by atoms with E-state index >= 15 is 0 Å². The van der Waals surface area contributed by atoms with E-state index in [0.717, 1.165) is 43.2 Å². The van der Waals surface area contributed by atoms with Crippen molar-refractivity contribution in [3.8, 4) is 11.5 Å². The fourth-order valence-corrected chi connectivity index (χ4v) is 2.88. The zero-order chi connectivity index (χ0) is 13.7. The molecule has 1 unspecified atom stereocenters. The minimum Gasteiger partial charge on any atom is -0.508 e. The van der Waals surface area contributed by atoms with Crippen LogP contribution in [0.25, 0.3) is 0 Å². The van der Waals surface area contributed by atoms with E-state index in [2.05, 4.69) is 19.1 Å². The predicted octanol–water partition coefficient (Wildman–Crippen LogP) is 4.65. The molecule has 0 saturated heterocycles. The van der Waals surface area contributed by atoms with Crippen LogP contribution in [0.2, 0.25) is 0 Å². The minimum absolute atomic E-state index is 0.259. The van der Waals surface area contributed by atoms with Gasteiger partial charge < -0.3 is 10.2 Å². The monoisotopic (exact) mass is 260 g/mol. The van der Waals surface area contributed by atoms with E-state index < -0.39 is 0 Å². The first kappa shape index (κ1) is 14.0. The van der Waals surface area contributed by atoms with E-state index in [9.17, 15) is 10.2 Å². The summed E-state index contributed by atoms with van der Waals surface area (Å²) >= 11 is 0. The van der Waals surface area contributed by atoms with E-state index in [-0.39, 0.29) is 17.4 Å². The van der Waals surface area contributed by atoms with Crippen LogP contribution in [0.1, 0.15) is 62.5 Å². The number of unbranched alkanes of at least 4 members (excludes halogenated alkanes) is 2. The summed E-state index contributed by atoms with van der Waals surface area (Å²) in [6.45, 7) is 2.18. The third kappa shape index (κ3) is 3.52. The third-order valence-electron chi connectivity index (χ3n) is 3.94. The summed E-state index contributed by atoms with van der Waals surface area (Å²) in [6, 6.07) is 3.67. The van der Waals surface area contributed by atoms with Crippen LogP contribution in [-0.2, 0) is 6.42 Å². The first-order valence-electron chi connectivity index (χ1n) is 7.42. The van der Waals surface area contributed by atoms with Crippen molar-refractivity contribution in [1.29, 1.82) is 0 Å². The van der Waals surface area contributed by atoms with Gasteiger partial charge in [-0.3, -0.25) is 0 Å². The fraction of sp³-hybridized carbons (Fsp3) is 0.529. The van der Waals surface area contributed by atoms with Gasteiger partial charge in [0.25, 0.3) is 0 Å². The Labute approximate surface area is 115 Å². The van der Waals surface area contributed by atoms with Gasteiger partial charge >= 0.3 is 0 Å². The number of aromatic hydroxyl groups is 2. The molecule has 2 N–H and O–H groups in total. The summed E-state index contributed by atoms with van der Waals surface area (Å²) in [5.74, 6) is 0.799. The number of hydrogen-bond donors (Lipinski definition) is 2. The predicted molar refractivity (Wildman–Crippen MR) is 78.7 cm³/mol. The topological polar surface area (TPSA) is 40.5 Å². The van der Waals surface area contributed by atoms with Gasteiger partial charge in [0.15, 0.2) is 0 Å². The second-order valence-corrected chi connectivity index (χ2v) is 5.49. The smallest absolute Gasteiger partial charge is 0.123 e. The Balaban J connectivity index is 2.14. The number of allylic oxidation sites excluding steroid dienone is 2. The van der Waals surface area contributed by atoms with E-state index in [0.29, 0.717) is 0 Å². The lowest BCUT2D eigenvalue weighted by Crippen LogP contribution is -2.02. The highest BCUT2D eigenvalue weighted by atomic mass is 16.3. The maximum Gasteiger partial charge on any atom is 0.123 e. The van der Waals surface area contributed by atoms with Gasteiger partial charge in [-0.1, -0.05) is 31.9 Å². The normalized spacial score (nSPS) is 18.7. The summed E-state index contributed by atoms with van der Waals surface area (Å²) in [5.41, 5.74) is 1.78. The zero-order valence-electron chi connectivity index (χ0n) is 11.7. The van der Waals surface area contributed by atoms with Gasteiger partial charge in [-0.2, -0.15) is 0 Å². The molecule has 2 heteroatoms. The van der Waals surface area contributed by atoms with Crippen LogP contribution >= 0.6 is 0 Å². The largest absolute Gasteiger partial charge is 0.508 e. The van der Waals surface area contributed by atoms with Gasteiger partial charge in [-0.25, -0.2) is 0 Å². The Bertz CT molecular complexity index is 426. The molecule has 0 bridgehead atoms. The van der Waals surface area contributed by atoms with Gasteiger partial charge in [0.1, 0.15) is 11.5 Å². The second-order valence-electron chi connectivity index (χ2n) is 5.49. The molecular formula is C17H24O2. The SMILES string of the molecule is CCCCCc1cc(O)c(C2CC=CCC2)c(O)c1. The first-order valence-corrected chi connectivity index (χ1v) is 7.42. The van der Waals surface area contributed by atoms with Gasteiger partial charge in [0, 0.05) is 5.56 Å². The highest BCUT2D eigenvalue weighted by Gasteiger charge is 2.20. The highest BCUT2D eigenvalue weighted by molar-refractivity contribution is 5.49. The van der Waals surface area contributed by atoms with E-state index in [4.69, 9.17) is 0 Å². The molecule has 1 aliphatic carbocycles. The lowest BCUT2D eigenvalue weighted by molar-refractivity contribution is 0.421. The Morgan fingerprint density at radius 3 is 2.42 bits per heavy atom. The number of hydrogen-bond acceptors (Lipinski definition) is 2. The van der Waals surface area contributed by atoms with Crippen LogP contribution in [0.4, 0.5) is 0 Å². The number of aryl methyl sites for hydroxylation is 1. The molecule has 0 heterocycles. The molecule has 1 aliphatic rings. The number of rotatable bonds is 5. The average molecular weight is 260 g/mol. The Kier molecular flexibility index (Phi) is 4.89. The van der Waals surface area contributed by atoms with Gasteiger partial charge in [-0.15, -0.1) is 0 Å². The van der Waals surface area contributed by atoms with Gasteiger partial charge in [0.05, 0.1) is 0 Å². The van der Waals surface area contributed by atoms with Crippen LogP contribution < -0.4 is 0 Å². The molecule has 0 fully saturated rings. The summed E-state index contributed by atoms with van der Waals surface area (Å²) in [6.07, 6.45) is 11.7. The molecule has 0 saturated carbocycles. The van der Waals surface area contributed by atoms with Crippen molar-refractivity contribution < 1.29 is 10.2 Å². The first-order chi connectivity index (χ1) is 9.22. The van der Waals surface area contributed by atoms with E-state index in [1.807, 2.05) is 12.1 Å². The highest BCUT2D eigenvalue weighted by Crippen LogP contribution is 2.41. The van der Waals surface area contributed by atoms with Crippen molar-refractivity contribution in [2.24, 2.45) is 0 Å². The number of benzene rings is 1. The fourth-order valence-electron chi connectivity index (χ4n) is 2.88. The maximum atomic E-state index is 10.2. The lowest BCUT2D eigenvalue weighted by atomic mass is 9.86. The molecule has 2 nitrogen and oxygen atoms in total. The number of phenols is 2. The molecule has 0 radical (unpaired) electrons. The Morgan fingerprint density at radius 1 is 1.11 bits per heavy atom. The molecule has 1 aromatic carbocycles. The molecule has 0 amide bonds. The second kappa shape index (κ2) is 6.65. The molecule has 2 rings (SSSR count). The maximum absolute atomic E-state index is 10.2. The molecule has 104 valence electrons. The minimum atomic E-state index is 0.259. The molecule has 0 aliphatic heterocycles. The Hall–Kier alpha value is -1.44. The van der Waals surface area contributed by atoms with Gasteiger partial charge in [0.2, 0.25) is 0 Å². The quantitative estimate of drug-likeness (QED) is 0.597. The van der Waals surface area contributed by atoms with Crippen molar-refractivity contribution in [2.75, 3.05) is 0 Å². The molecule has 0 aromatic heterocycles. The standard InChI is InChI=1S/C17H24O2/c1-2-3-5-8-13-11-15(18)17(16(19)12-13)14-9-6-4-7-10-14/h4,6,11-12,14,18-19H,2-3,5,7-10H2,1H3. The van der Waals surface area contributed by atoms with Crippen molar-refractivity contribution >= 4 is 0 Å². The van der Waals surface area contributed by atoms with E-state index in [1.54, 1.807) is 0 Å². The van der Waals surface area contributed by atoms with Crippen LogP contribution in [0.3, 0.4) is 0 Å². The Morgan fingerprint density at radius 2 is 1.84 bits per heavy atom. The van der Waals surface area contributed by atoms with Crippen LogP contribution in [0.5, 0.6) is 11.5 Å². The lowest BCUT2D eigenvalue weighted by Gasteiger charge is -2.21. The molecule has 1 atom stereocenters. The summed E-state index contributed by atoms with van der Waals surface area (Å²) in [5, 5.41) is 20.4. The third-order valence-corrected chi connectivity index (χ3v) is 3.94. The molecule has 0 spiro atoms. The molecule has 1 aromatic rings. The average Bonchev–Trinajstić information content (AvgIpc) is 2.39. The zero-order valence-corrected chi connectivity index (χ0v) is 11.7. The van der Waals surface area contributed by atoms with Crippen molar-refractivity contribution in [1.82, 2.24) is 0 Å². The summed E-state index contributed by atoms with van der Waals surface area (Å²) < 4.78 is 0. The van der Waals surface area contributed by atoms with Crippen molar-refractivity contribution in [3.63, 3.8) is 0 Å². The summed E-state index contributed by atoms with van der Waals surface area (Å²) in [4.78, 5) is 0. The van der Waals surface area contributed by atoms with Crippen LogP contribution in [-0.4, -0.2) is 10.2 Å². The van der Waals surface area contributed by atoms with Crippen LogP contribution in [0.15, 0.2) is 24.3 Å². The van der Waals surface area contributed by atoms with Crippen LogP contribution in [0, 0.1) is 0 Å². The summed E-state index contributed by atoms with van der Waals surface area (Å²) in [7, 11) is 0. The number of phenolic OH excluding ortho intramolecular Hbond substituents is 2.